The maximum absolute atomic E-state index is 12.1. The van der Waals surface area contributed by atoms with Crippen LogP contribution in [0.5, 0.6) is 5.75 Å². The van der Waals surface area contributed by atoms with Crippen LogP contribution in [0.4, 0.5) is 5.69 Å². The Morgan fingerprint density at radius 1 is 1.26 bits per heavy atom. The standard InChI is InChI=1S/C20H23N3O4/c1-2-14-16(22-18(25)15(17(14)24)19(26)27)12-4-6-13(7-5-12)23-10-20(11-23)8-3-9-21-20/h4-7,21H,2-3,8-11H2,1H3,(H,26,27)(H2,22,24,25). The first-order valence-electron chi connectivity index (χ1n) is 9.26. The fourth-order valence-electron chi connectivity index (χ4n) is 4.26. The molecule has 27 heavy (non-hydrogen) atoms. The molecule has 142 valence electrons. The van der Waals surface area contributed by atoms with Gasteiger partial charge in [0.1, 0.15) is 5.75 Å². The number of hydrogen-bond donors (Lipinski definition) is 4. The van der Waals surface area contributed by atoms with Gasteiger partial charge in [-0.15, -0.1) is 0 Å². The van der Waals surface area contributed by atoms with Crippen molar-refractivity contribution in [3.05, 3.63) is 45.7 Å². The average Bonchev–Trinajstić information content (AvgIpc) is 3.10. The van der Waals surface area contributed by atoms with Crippen LogP contribution in [-0.4, -0.2) is 46.3 Å². The molecule has 2 aliphatic rings. The molecule has 1 aromatic heterocycles. The normalized spacial score (nSPS) is 17.9. The molecule has 0 unspecified atom stereocenters. The van der Waals surface area contributed by atoms with E-state index in [1.54, 1.807) is 0 Å². The molecular weight excluding hydrogens is 346 g/mol. The molecule has 0 amide bonds. The molecule has 2 fully saturated rings. The molecule has 2 aliphatic heterocycles. The lowest BCUT2D eigenvalue weighted by atomic mass is 9.87. The smallest absolute Gasteiger partial charge is 0.345 e. The summed E-state index contributed by atoms with van der Waals surface area (Å²) in [7, 11) is 0. The monoisotopic (exact) mass is 369 g/mol. The number of carboxylic acid groups (broad SMARTS) is 1. The van der Waals surface area contributed by atoms with E-state index in [-0.39, 0.29) is 5.54 Å². The van der Waals surface area contributed by atoms with Gasteiger partial charge in [-0.1, -0.05) is 19.1 Å². The van der Waals surface area contributed by atoms with Crippen molar-refractivity contribution in [3.63, 3.8) is 0 Å². The maximum atomic E-state index is 12.1. The molecule has 2 aromatic rings. The van der Waals surface area contributed by atoms with E-state index in [9.17, 15) is 14.7 Å². The number of benzene rings is 1. The van der Waals surface area contributed by atoms with Crippen molar-refractivity contribution in [2.24, 2.45) is 0 Å². The highest BCUT2D eigenvalue weighted by atomic mass is 16.4. The minimum Gasteiger partial charge on any atom is -0.506 e. The molecular formula is C20H23N3O4. The van der Waals surface area contributed by atoms with Gasteiger partial charge < -0.3 is 25.4 Å². The van der Waals surface area contributed by atoms with Gasteiger partial charge >= 0.3 is 5.97 Å². The number of pyridine rings is 1. The largest absolute Gasteiger partial charge is 0.506 e. The fourth-order valence-corrected chi connectivity index (χ4v) is 4.26. The second kappa shape index (κ2) is 6.42. The summed E-state index contributed by atoms with van der Waals surface area (Å²) in [5.74, 6) is -1.89. The second-order valence-electron chi connectivity index (χ2n) is 7.40. The SMILES string of the molecule is CCc1c(-c2ccc(N3CC4(CCCN4)C3)cc2)[nH]c(=O)c(C(=O)O)c1O. The maximum Gasteiger partial charge on any atom is 0.345 e. The minimum absolute atomic E-state index is 0.276. The van der Waals surface area contributed by atoms with Crippen molar-refractivity contribution in [2.45, 2.75) is 31.7 Å². The average molecular weight is 369 g/mol. The van der Waals surface area contributed by atoms with Crippen molar-refractivity contribution in [2.75, 3.05) is 24.5 Å². The molecule has 0 aliphatic carbocycles. The summed E-state index contributed by atoms with van der Waals surface area (Å²) < 4.78 is 0. The molecule has 3 heterocycles. The summed E-state index contributed by atoms with van der Waals surface area (Å²) in [6.07, 6.45) is 2.86. The third-order valence-corrected chi connectivity index (χ3v) is 5.70. The van der Waals surface area contributed by atoms with E-state index >= 15 is 0 Å². The van der Waals surface area contributed by atoms with Crippen LogP contribution in [0, 0.1) is 0 Å². The number of rotatable bonds is 4. The summed E-state index contributed by atoms with van der Waals surface area (Å²) in [6, 6.07) is 7.79. The molecule has 4 rings (SSSR count). The number of nitrogens with zero attached hydrogens (tertiary/aromatic N) is 1. The highest BCUT2D eigenvalue weighted by molar-refractivity contribution is 5.92. The first kappa shape index (κ1) is 17.6. The lowest BCUT2D eigenvalue weighted by molar-refractivity contribution is 0.0691. The second-order valence-corrected chi connectivity index (χ2v) is 7.40. The Hall–Kier alpha value is -2.80. The third-order valence-electron chi connectivity index (χ3n) is 5.70. The van der Waals surface area contributed by atoms with Crippen molar-refractivity contribution in [1.29, 1.82) is 0 Å². The zero-order valence-electron chi connectivity index (χ0n) is 15.2. The van der Waals surface area contributed by atoms with Crippen LogP contribution >= 0.6 is 0 Å². The zero-order valence-corrected chi connectivity index (χ0v) is 15.2. The Morgan fingerprint density at radius 2 is 1.96 bits per heavy atom. The number of H-pyrrole nitrogens is 1. The summed E-state index contributed by atoms with van der Waals surface area (Å²) in [4.78, 5) is 28.3. The van der Waals surface area contributed by atoms with Gasteiger partial charge in [-0.3, -0.25) is 4.79 Å². The van der Waals surface area contributed by atoms with Gasteiger partial charge in [0.05, 0.1) is 11.2 Å². The Kier molecular flexibility index (Phi) is 4.19. The number of aromatic hydroxyl groups is 1. The number of anilines is 1. The number of aromatic amines is 1. The zero-order chi connectivity index (χ0) is 19.2. The number of hydrogen-bond acceptors (Lipinski definition) is 5. The number of carbonyl (C=O) groups is 1. The lowest BCUT2D eigenvalue weighted by Gasteiger charge is -2.49. The van der Waals surface area contributed by atoms with Gasteiger partial charge in [0.25, 0.3) is 5.56 Å². The van der Waals surface area contributed by atoms with Crippen LogP contribution in [0.1, 0.15) is 35.7 Å². The summed E-state index contributed by atoms with van der Waals surface area (Å²) >= 11 is 0. The molecule has 4 N–H and O–H groups in total. The van der Waals surface area contributed by atoms with E-state index < -0.39 is 22.8 Å². The van der Waals surface area contributed by atoms with Crippen molar-refractivity contribution >= 4 is 11.7 Å². The Labute approximate surface area is 156 Å². The van der Waals surface area contributed by atoms with Gasteiger partial charge in [0, 0.05) is 24.3 Å². The van der Waals surface area contributed by atoms with Gasteiger partial charge in [-0.25, -0.2) is 4.79 Å². The molecule has 0 atom stereocenters. The first-order valence-corrected chi connectivity index (χ1v) is 9.26. The van der Waals surface area contributed by atoms with Crippen LogP contribution in [0.2, 0.25) is 0 Å². The molecule has 7 heteroatoms. The molecule has 0 bridgehead atoms. The van der Waals surface area contributed by atoms with Crippen LogP contribution < -0.4 is 15.8 Å². The topological polar surface area (TPSA) is 106 Å². The molecule has 2 saturated heterocycles. The number of aromatic carboxylic acids is 1. The van der Waals surface area contributed by atoms with E-state index in [4.69, 9.17) is 5.11 Å². The van der Waals surface area contributed by atoms with Gasteiger partial charge in [-0.2, -0.15) is 0 Å². The van der Waals surface area contributed by atoms with Crippen molar-refractivity contribution < 1.29 is 15.0 Å². The summed E-state index contributed by atoms with van der Waals surface area (Å²) in [5, 5.41) is 23.0. The van der Waals surface area contributed by atoms with Crippen LogP contribution in [0.15, 0.2) is 29.1 Å². The van der Waals surface area contributed by atoms with Crippen LogP contribution in [0.3, 0.4) is 0 Å². The van der Waals surface area contributed by atoms with Gasteiger partial charge in [0.2, 0.25) is 0 Å². The van der Waals surface area contributed by atoms with E-state index in [2.05, 4.69) is 15.2 Å². The molecule has 1 spiro atoms. The third kappa shape index (κ3) is 2.88. The number of carboxylic acids is 1. The molecule has 7 nitrogen and oxygen atoms in total. The predicted octanol–water partition coefficient (Wildman–Crippen LogP) is 1.95. The van der Waals surface area contributed by atoms with Crippen molar-refractivity contribution in [3.8, 4) is 17.0 Å². The van der Waals surface area contributed by atoms with Crippen molar-refractivity contribution in [1.82, 2.24) is 10.3 Å². The quantitative estimate of drug-likeness (QED) is 0.656. The van der Waals surface area contributed by atoms with E-state index in [0.717, 1.165) is 30.9 Å². The van der Waals surface area contributed by atoms with Crippen LogP contribution in [-0.2, 0) is 6.42 Å². The fraction of sp³-hybridized carbons (Fsp3) is 0.400. The summed E-state index contributed by atoms with van der Waals surface area (Å²) in [5.41, 5.74) is 1.62. The molecule has 0 radical (unpaired) electrons. The highest BCUT2D eigenvalue weighted by Gasteiger charge is 2.44. The minimum atomic E-state index is -1.43. The lowest BCUT2D eigenvalue weighted by Crippen LogP contribution is -2.66. The Balaban J connectivity index is 1.63. The number of nitrogens with one attached hydrogen (secondary N) is 2. The Morgan fingerprint density at radius 3 is 2.52 bits per heavy atom. The Bertz CT molecular complexity index is 935. The van der Waals surface area contributed by atoms with E-state index in [0.29, 0.717) is 17.7 Å². The highest BCUT2D eigenvalue weighted by Crippen LogP contribution is 2.35. The summed E-state index contributed by atoms with van der Waals surface area (Å²) in [6.45, 7) is 4.90. The van der Waals surface area contributed by atoms with Crippen LogP contribution in [0.25, 0.3) is 11.3 Å². The van der Waals surface area contributed by atoms with E-state index in [1.807, 2.05) is 31.2 Å². The molecule has 0 saturated carbocycles. The van der Waals surface area contributed by atoms with Gasteiger partial charge in [-0.05, 0) is 43.5 Å². The van der Waals surface area contributed by atoms with Gasteiger partial charge in [0.15, 0.2) is 5.56 Å². The predicted molar refractivity (Wildman–Crippen MR) is 103 cm³/mol. The number of aromatic nitrogens is 1. The van der Waals surface area contributed by atoms with E-state index in [1.165, 1.54) is 12.8 Å². The first-order chi connectivity index (χ1) is 12.9. The molecule has 1 aromatic carbocycles.